The number of carbonyl (C=O) groups excluding carboxylic acids is 1. The van der Waals surface area contributed by atoms with Gasteiger partial charge in [0.15, 0.2) is 0 Å². The second-order valence-corrected chi connectivity index (χ2v) is 4.74. The molecule has 0 unspecified atom stereocenters. The summed E-state index contributed by atoms with van der Waals surface area (Å²) in [5.74, 6) is -0.491. The number of nitrogens with two attached hydrogens (primary N) is 1. The van der Waals surface area contributed by atoms with Gasteiger partial charge in [-0.25, -0.2) is 0 Å². The molecule has 5 heteroatoms. The van der Waals surface area contributed by atoms with Gasteiger partial charge in [-0.3, -0.25) is 4.79 Å². The lowest BCUT2D eigenvalue weighted by atomic mass is 10.1. The number of nitrogens with zero attached hydrogens (tertiary/aromatic N) is 1. The molecule has 0 aromatic heterocycles. The van der Waals surface area contributed by atoms with E-state index in [-0.39, 0.29) is 0 Å². The van der Waals surface area contributed by atoms with Crippen LogP contribution in [0.4, 0.5) is 5.69 Å². The Kier molecular flexibility index (Phi) is 3.54. The Balaban J connectivity index is 2.22. The largest absolute Gasteiger partial charge is 0.369 e. The number of amides is 1. The van der Waals surface area contributed by atoms with Crippen LogP contribution in [0.1, 0.15) is 17.3 Å². The van der Waals surface area contributed by atoms with Crippen molar-refractivity contribution < 1.29 is 4.79 Å². The number of anilines is 1. The molecule has 0 spiro atoms. The van der Waals surface area contributed by atoms with Crippen LogP contribution in [0.5, 0.6) is 0 Å². The van der Waals surface area contributed by atoms with Crippen LogP contribution in [0.2, 0.25) is 5.02 Å². The molecule has 4 nitrogen and oxygen atoms in total. The zero-order chi connectivity index (χ0) is 12.4. The fraction of sp³-hybridized carbons (Fsp3) is 0.417. The predicted molar refractivity (Wildman–Crippen MR) is 69.6 cm³/mol. The molecule has 1 aromatic carbocycles. The first kappa shape index (κ1) is 12.2. The summed E-state index contributed by atoms with van der Waals surface area (Å²) in [4.78, 5) is 13.3. The monoisotopic (exact) mass is 253 g/mol. The highest BCUT2D eigenvalue weighted by molar-refractivity contribution is 6.34. The summed E-state index contributed by atoms with van der Waals surface area (Å²) >= 11 is 6.04. The first-order valence-electron chi connectivity index (χ1n) is 5.65. The van der Waals surface area contributed by atoms with Crippen LogP contribution in [0, 0.1) is 0 Å². The predicted octanol–water partition coefficient (Wildman–Crippen LogP) is 1.24. The molecule has 1 aromatic rings. The van der Waals surface area contributed by atoms with Crippen LogP contribution in [0.3, 0.4) is 0 Å². The summed E-state index contributed by atoms with van der Waals surface area (Å²) in [7, 11) is 0. The third kappa shape index (κ3) is 2.70. The zero-order valence-electron chi connectivity index (χ0n) is 9.74. The molecule has 2 rings (SSSR count). The number of piperazine rings is 1. The molecule has 1 amide bonds. The molecule has 0 aliphatic carbocycles. The van der Waals surface area contributed by atoms with Crippen molar-refractivity contribution in [3.05, 3.63) is 28.8 Å². The molecule has 0 saturated carbocycles. The number of nitrogens with one attached hydrogen (secondary N) is 1. The number of hydrogen-bond donors (Lipinski definition) is 2. The lowest BCUT2D eigenvalue weighted by molar-refractivity contribution is 0.100. The molecule has 92 valence electrons. The van der Waals surface area contributed by atoms with Gasteiger partial charge in [0, 0.05) is 31.4 Å². The Hall–Kier alpha value is -1.26. The van der Waals surface area contributed by atoms with Crippen LogP contribution in [0.15, 0.2) is 18.2 Å². The van der Waals surface area contributed by atoms with Crippen molar-refractivity contribution in [1.82, 2.24) is 5.32 Å². The summed E-state index contributed by atoms with van der Waals surface area (Å²) < 4.78 is 0. The van der Waals surface area contributed by atoms with Crippen molar-refractivity contribution >= 4 is 23.2 Å². The van der Waals surface area contributed by atoms with E-state index in [4.69, 9.17) is 17.3 Å². The highest BCUT2D eigenvalue weighted by Crippen LogP contribution is 2.24. The molecular formula is C12H16ClN3O. The molecule has 1 fully saturated rings. The van der Waals surface area contributed by atoms with E-state index in [0.717, 1.165) is 25.3 Å². The minimum atomic E-state index is -0.491. The van der Waals surface area contributed by atoms with Gasteiger partial charge in [-0.2, -0.15) is 0 Å². The van der Waals surface area contributed by atoms with Crippen LogP contribution in [0.25, 0.3) is 0 Å². The number of halogens is 1. The molecule has 1 saturated heterocycles. The highest BCUT2D eigenvalue weighted by Gasteiger charge is 2.17. The normalized spacial score (nSPS) is 20.4. The molecule has 3 N–H and O–H groups in total. The van der Waals surface area contributed by atoms with Crippen molar-refractivity contribution in [1.29, 1.82) is 0 Å². The Morgan fingerprint density at radius 1 is 1.59 bits per heavy atom. The third-order valence-electron chi connectivity index (χ3n) is 2.95. The minimum absolute atomic E-state index is 0.374. The third-order valence-corrected chi connectivity index (χ3v) is 3.26. The van der Waals surface area contributed by atoms with Crippen LogP contribution in [-0.4, -0.2) is 31.6 Å². The average molecular weight is 254 g/mol. The number of rotatable bonds is 2. The Morgan fingerprint density at radius 2 is 2.35 bits per heavy atom. The molecule has 1 aliphatic rings. The zero-order valence-corrected chi connectivity index (χ0v) is 10.5. The van der Waals surface area contributed by atoms with Gasteiger partial charge >= 0.3 is 0 Å². The number of carbonyl (C=O) groups is 1. The quantitative estimate of drug-likeness (QED) is 0.834. The molecule has 1 atom stereocenters. The maximum atomic E-state index is 11.1. The van der Waals surface area contributed by atoms with Gasteiger partial charge in [0.05, 0.1) is 10.6 Å². The van der Waals surface area contributed by atoms with Gasteiger partial charge in [0.25, 0.3) is 0 Å². The molecule has 1 aliphatic heterocycles. The Labute approximate surface area is 106 Å². The molecule has 0 bridgehead atoms. The standard InChI is InChI=1S/C12H16ClN3O/c1-8-7-16(5-4-15-8)9-2-3-10(12(14)17)11(13)6-9/h2-3,6,8,15H,4-5,7H2,1H3,(H2,14,17)/t8-/m1/s1. The van der Waals surface area contributed by atoms with E-state index in [9.17, 15) is 4.79 Å². The fourth-order valence-electron chi connectivity index (χ4n) is 2.07. The summed E-state index contributed by atoms with van der Waals surface area (Å²) in [5.41, 5.74) is 6.63. The first-order valence-corrected chi connectivity index (χ1v) is 6.03. The van der Waals surface area contributed by atoms with Crippen molar-refractivity contribution in [3.8, 4) is 0 Å². The van der Waals surface area contributed by atoms with Gasteiger partial charge in [0.2, 0.25) is 5.91 Å². The van der Waals surface area contributed by atoms with Crippen molar-refractivity contribution in [2.75, 3.05) is 24.5 Å². The highest BCUT2D eigenvalue weighted by atomic mass is 35.5. The van der Waals surface area contributed by atoms with Crippen molar-refractivity contribution in [2.24, 2.45) is 5.73 Å². The van der Waals surface area contributed by atoms with Crippen molar-refractivity contribution in [2.45, 2.75) is 13.0 Å². The summed E-state index contributed by atoms with van der Waals surface area (Å²) in [6.45, 7) is 4.98. The molecule has 17 heavy (non-hydrogen) atoms. The molecule has 0 radical (unpaired) electrons. The Morgan fingerprint density at radius 3 is 2.94 bits per heavy atom. The van der Waals surface area contributed by atoms with Crippen LogP contribution >= 0.6 is 11.6 Å². The van der Waals surface area contributed by atoms with Gasteiger partial charge < -0.3 is 16.0 Å². The molecular weight excluding hydrogens is 238 g/mol. The second-order valence-electron chi connectivity index (χ2n) is 4.33. The average Bonchev–Trinajstić information content (AvgIpc) is 2.28. The topological polar surface area (TPSA) is 58.4 Å². The van der Waals surface area contributed by atoms with E-state index in [2.05, 4.69) is 17.1 Å². The maximum Gasteiger partial charge on any atom is 0.250 e. The van der Waals surface area contributed by atoms with E-state index in [1.54, 1.807) is 12.1 Å². The SMILES string of the molecule is C[C@@H]1CN(c2ccc(C(N)=O)c(Cl)c2)CCN1. The number of benzene rings is 1. The second kappa shape index (κ2) is 4.94. The summed E-state index contributed by atoms with van der Waals surface area (Å²) in [6.07, 6.45) is 0. The van der Waals surface area contributed by atoms with E-state index in [1.165, 1.54) is 0 Å². The number of primary amides is 1. The smallest absolute Gasteiger partial charge is 0.250 e. The van der Waals surface area contributed by atoms with Gasteiger partial charge in [-0.15, -0.1) is 0 Å². The minimum Gasteiger partial charge on any atom is -0.369 e. The molecule has 1 heterocycles. The summed E-state index contributed by atoms with van der Waals surface area (Å²) in [5, 5.41) is 3.79. The van der Waals surface area contributed by atoms with Crippen LogP contribution in [-0.2, 0) is 0 Å². The lowest BCUT2D eigenvalue weighted by Gasteiger charge is -2.33. The van der Waals surface area contributed by atoms with Gasteiger partial charge in [-0.05, 0) is 25.1 Å². The van der Waals surface area contributed by atoms with E-state index in [0.29, 0.717) is 16.6 Å². The van der Waals surface area contributed by atoms with E-state index >= 15 is 0 Å². The van der Waals surface area contributed by atoms with Gasteiger partial charge in [0.1, 0.15) is 0 Å². The number of hydrogen-bond acceptors (Lipinski definition) is 3. The van der Waals surface area contributed by atoms with Gasteiger partial charge in [-0.1, -0.05) is 11.6 Å². The fourth-order valence-corrected chi connectivity index (χ4v) is 2.34. The first-order chi connectivity index (χ1) is 8.08. The van der Waals surface area contributed by atoms with E-state index in [1.807, 2.05) is 6.07 Å². The van der Waals surface area contributed by atoms with E-state index < -0.39 is 5.91 Å². The Bertz CT molecular complexity index is 436. The lowest BCUT2D eigenvalue weighted by Crippen LogP contribution is -2.49. The van der Waals surface area contributed by atoms with Crippen molar-refractivity contribution in [3.63, 3.8) is 0 Å². The maximum absolute atomic E-state index is 11.1. The summed E-state index contributed by atoms with van der Waals surface area (Å²) in [6, 6.07) is 5.84. The van der Waals surface area contributed by atoms with Crippen LogP contribution < -0.4 is 16.0 Å².